The molecule has 0 amide bonds. The van der Waals surface area contributed by atoms with E-state index >= 15 is 0 Å². The van der Waals surface area contributed by atoms with Crippen molar-refractivity contribution in [2.24, 2.45) is 5.92 Å². The maximum atomic E-state index is 3.31. The van der Waals surface area contributed by atoms with Crippen molar-refractivity contribution in [2.75, 3.05) is 6.54 Å². The lowest BCUT2D eigenvalue weighted by Gasteiger charge is -2.15. The van der Waals surface area contributed by atoms with Crippen molar-refractivity contribution in [3.63, 3.8) is 0 Å². The van der Waals surface area contributed by atoms with E-state index in [-0.39, 0.29) is 0 Å². The van der Waals surface area contributed by atoms with Gasteiger partial charge in [0.25, 0.3) is 0 Å². The number of rotatable bonds is 0. The van der Waals surface area contributed by atoms with Gasteiger partial charge in [-0.25, -0.2) is 0 Å². The van der Waals surface area contributed by atoms with Gasteiger partial charge in [0.05, 0.1) is 5.92 Å². The molecular formula is C7H11N2+. The summed E-state index contributed by atoms with van der Waals surface area (Å²) < 4.78 is 0. The fraction of sp³-hybridized carbons (Fsp3) is 0.571. The van der Waals surface area contributed by atoms with E-state index in [1.54, 1.807) is 0 Å². The molecule has 0 aromatic carbocycles. The zero-order chi connectivity index (χ0) is 6.10. The topological polar surface area (TPSA) is 26.0 Å². The highest BCUT2D eigenvalue weighted by atomic mass is 14.9. The van der Waals surface area contributed by atoms with E-state index in [4.69, 9.17) is 0 Å². The van der Waals surface area contributed by atoms with Crippen LogP contribution in [0.4, 0.5) is 0 Å². The van der Waals surface area contributed by atoms with Crippen LogP contribution in [0.25, 0.3) is 0 Å². The van der Waals surface area contributed by atoms with Crippen LogP contribution in [-0.4, -0.2) is 18.8 Å². The standard InChI is InChI=1S/C7H10N2/c1-4-9-7-2-3-8-5-6(1)7/h1,3-4,6-7,9H,2,5H2/p+1. The molecule has 2 nitrogen and oxygen atoms in total. The fourth-order valence-electron chi connectivity index (χ4n) is 1.44. The summed E-state index contributed by atoms with van der Waals surface area (Å²) in [5.74, 6) is 0.731. The van der Waals surface area contributed by atoms with Gasteiger partial charge in [0, 0.05) is 12.5 Å². The molecule has 2 heteroatoms. The first-order valence-corrected chi connectivity index (χ1v) is 3.44. The number of nitrogens with one attached hydrogen (secondary N) is 2. The molecule has 0 bridgehead atoms. The molecule has 0 aromatic rings. The smallest absolute Gasteiger partial charge is 0.148 e. The molecule has 2 aliphatic heterocycles. The van der Waals surface area contributed by atoms with Gasteiger partial charge < -0.3 is 5.32 Å². The van der Waals surface area contributed by atoms with Crippen LogP contribution < -0.4 is 10.3 Å². The Morgan fingerprint density at radius 1 is 1.56 bits per heavy atom. The number of hydrogen-bond acceptors (Lipinski definition) is 1. The van der Waals surface area contributed by atoms with Crippen LogP contribution in [0.5, 0.6) is 0 Å². The molecule has 2 N–H and O–H groups in total. The Morgan fingerprint density at radius 2 is 2.56 bits per heavy atom. The predicted octanol–water partition coefficient (Wildman–Crippen LogP) is -1.36. The first-order valence-electron chi connectivity index (χ1n) is 3.44. The van der Waals surface area contributed by atoms with Gasteiger partial charge in [-0.05, 0) is 6.20 Å². The quantitative estimate of drug-likeness (QED) is 0.409. The Morgan fingerprint density at radius 3 is 3.44 bits per heavy atom. The molecule has 0 aromatic heterocycles. The molecule has 0 saturated heterocycles. The molecule has 0 fully saturated rings. The molecule has 0 spiro atoms. The molecule has 2 rings (SSSR count). The monoisotopic (exact) mass is 123 g/mol. The van der Waals surface area contributed by atoms with E-state index < -0.39 is 0 Å². The molecule has 0 aliphatic carbocycles. The molecule has 2 atom stereocenters. The normalized spacial score (nSPS) is 38.2. The summed E-state index contributed by atoms with van der Waals surface area (Å²) in [6.07, 6.45) is 7.60. The Balaban J connectivity index is 2.13. The van der Waals surface area contributed by atoms with Crippen LogP contribution in [0.2, 0.25) is 0 Å². The zero-order valence-electron chi connectivity index (χ0n) is 5.30. The summed E-state index contributed by atoms with van der Waals surface area (Å²) in [5, 5.41) is 3.31. The van der Waals surface area contributed by atoms with Crippen molar-refractivity contribution in [1.29, 1.82) is 0 Å². The molecule has 2 aliphatic rings. The van der Waals surface area contributed by atoms with Crippen LogP contribution in [-0.2, 0) is 0 Å². The van der Waals surface area contributed by atoms with Crippen molar-refractivity contribution < 1.29 is 4.99 Å². The fourth-order valence-corrected chi connectivity index (χ4v) is 1.44. The Bertz CT molecular complexity index is 160. The van der Waals surface area contributed by atoms with Crippen LogP contribution in [0.15, 0.2) is 12.3 Å². The van der Waals surface area contributed by atoms with Gasteiger partial charge in [-0.3, -0.25) is 4.99 Å². The molecular weight excluding hydrogens is 112 g/mol. The zero-order valence-corrected chi connectivity index (χ0v) is 5.30. The highest BCUT2D eigenvalue weighted by molar-refractivity contribution is 5.52. The molecule has 9 heavy (non-hydrogen) atoms. The average molecular weight is 123 g/mol. The molecule has 0 radical (unpaired) electrons. The summed E-state index contributed by atoms with van der Waals surface area (Å²) in [4.78, 5) is 3.24. The number of hydrogen-bond donors (Lipinski definition) is 2. The van der Waals surface area contributed by atoms with Crippen molar-refractivity contribution in [3.05, 3.63) is 12.3 Å². The van der Waals surface area contributed by atoms with Crippen LogP contribution in [0, 0.1) is 5.92 Å². The highest BCUT2D eigenvalue weighted by Gasteiger charge is 2.26. The Hall–Kier alpha value is -0.790. The van der Waals surface area contributed by atoms with E-state index in [9.17, 15) is 0 Å². The average Bonchev–Trinajstić information content (AvgIpc) is 2.33. The second-order valence-electron chi connectivity index (χ2n) is 2.64. The van der Waals surface area contributed by atoms with Crippen LogP contribution in [0.1, 0.15) is 6.42 Å². The summed E-state index contributed by atoms with van der Waals surface area (Å²) >= 11 is 0. The van der Waals surface area contributed by atoms with E-state index in [2.05, 4.69) is 28.8 Å². The predicted molar refractivity (Wildman–Crippen MR) is 36.1 cm³/mol. The van der Waals surface area contributed by atoms with Gasteiger partial charge in [0.2, 0.25) is 0 Å². The first kappa shape index (κ1) is 5.03. The summed E-state index contributed by atoms with van der Waals surface area (Å²) in [5.41, 5.74) is 0. The van der Waals surface area contributed by atoms with Gasteiger partial charge in [0.15, 0.2) is 0 Å². The molecule has 2 heterocycles. The highest BCUT2D eigenvalue weighted by Crippen LogP contribution is 2.12. The summed E-state index contributed by atoms with van der Waals surface area (Å²) in [7, 11) is 0. The largest absolute Gasteiger partial charge is 0.387 e. The van der Waals surface area contributed by atoms with E-state index in [1.807, 2.05) is 0 Å². The maximum absolute atomic E-state index is 3.31. The van der Waals surface area contributed by atoms with Crippen molar-refractivity contribution in [1.82, 2.24) is 5.32 Å². The van der Waals surface area contributed by atoms with Gasteiger partial charge in [-0.2, -0.15) is 0 Å². The molecule has 2 unspecified atom stereocenters. The second-order valence-corrected chi connectivity index (χ2v) is 2.64. The van der Waals surface area contributed by atoms with E-state index in [1.165, 1.54) is 0 Å². The lowest BCUT2D eigenvalue weighted by Crippen LogP contribution is -2.74. The van der Waals surface area contributed by atoms with Gasteiger partial charge in [-0.1, -0.05) is 6.08 Å². The number of fused-ring (bicyclic) bond motifs is 1. The maximum Gasteiger partial charge on any atom is 0.148 e. The Labute approximate surface area is 54.7 Å². The molecule has 48 valence electrons. The summed E-state index contributed by atoms with van der Waals surface area (Å²) in [6.45, 7) is 1.11. The van der Waals surface area contributed by atoms with Crippen LogP contribution in [0.3, 0.4) is 0 Å². The van der Waals surface area contributed by atoms with Crippen molar-refractivity contribution >= 4 is 6.21 Å². The third-order valence-electron chi connectivity index (χ3n) is 2.04. The van der Waals surface area contributed by atoms with E-state index in [0.29, 0.717) is 6.04 Å². The van der Waals surface area contributed by atoms with Gasteiger partial charge >= 0.3 is 0 Å². The SMILES string of the molecule is C1=CC2C[NH+]=CCC2N1. The Kier molecular flexibility index (Phi) is 1.04. The lowest BCUT2D eigenvalue weighted by atomic mass is 9.98. The minimum atomic E-state index is 0.686. The first-order chi connectivity index (χ1) is 4.47. The third kappa shape index (κ3) is 0.745. The van der Waals surface area contributed by atoms with Crippen LogP contribution >= 0.6 is 0 Å². The van der Waals surface area contributed by atoms with Crippen molar-refractivity contribution in [2.45, 2.75) is 12.5 Å². The minimum Gasteiger partial charge on any atom is -0.387 e. The van der Waals surface area contributed by atoms with Gasteiger partial charge in [-0.15, -0.1) is 0 Å². The summed E-state index contributed by atoms with van der Waals surface area (Å²) in [6, 6.07) is 0.686. The van der Waals surface area contributed by atoms with Gasteiger partial charge in [0.1, 0.15) is 12.8 Å². The molecule has 0 saturated carbocycles. The second kappa shape index (κ2) is 1.87. The third-order valence-corrected chi connectivity index (χ3v) is 2.04. The van der Waals surface area contributed by atoms with Crippen molar-refractivity contribution in [3.8, 4) is 0 Å². The van der Waals surface area contributed by atoms with E-state index in [0.717, 1.165) is 18.9 Å². The minimum absolute atomic E-state index is 0.686. The lowest BCUT2D eigenvalue weighted by molar-refractivity contribution is -0.465.